The molecule has 2 heterocycles. The van der Waals surface area contributed by atoms with Crippen LogP contribution in [0.4, 0.5) is 5.69 Å². The smallest absolute Gasteiger partial charge is 0.310 e. The number of aryl methyl sites for hydroxylation is 1. The number of benzene rings is 1. The van der Waals surface area contributed by atoms with Crippen LogP contribution in [0.1, 0.15) is 58.9 Å². The summed E-state index contributed by atoms with van der Waals surface area (Å²) >= 11 is 0. The van der Waals surface area contributed by atoms with Crippen molar-refractivity contribution in [3.8, 4) is 0 Å². The third-order valence-electron chi connectivity index (χ3n) is 4.89. The molecule has 2 N–H and O–H groups in total. The SMILES string of the molecule is Cc1noc2nc(C3CC3)cc(C(=O)Nc3cccc(C(C)C(=O)O)c3)c12. The van der Waals surface area contributed by atoms with Gasteiger partial charge in [0.05, 0.1) is 22.6 Å². The van der Waals surface area contributed by atoms with Crippen molar-refractivity contribution in [1.29, 1.82) is 0 Å². The van der Waals surface area contributed by atoms with E-state index in [0.29, 0.717) is 39.5 Å². The number of carboxylic acid groups (broad SMARTS) is 1. The van der Waals surface area contributed by atoms with E-state index >= 15 is 0 Å². The van der Waals surface area contributed by atoms with Crippen molar-refractivity contribution in [2.45, 2.75) is 38.5 Å². The zero-order valence-corrected chi connectivity index (χ0v) is 15.0. The summed E-state index contributed by atoms with van der Waals surface area (Å²) in [6, 6.07) is 8.68. The van der Waals surface area contributed by atoms with Crippen LogP contribution in [0.15, 0.2) is 34.9 Å². The number of anilines is 1. The van der Waals surface area contributed by atoms with Crippen LogP contribution in [0.2, 0.25) is 0 Å². The predicted octanol–water partition coefficient (Wildman–Crippen LogP) is 3.85. The fourth-order valence-electron chi connectivity index (χ4n) is 3.11. The largest absolute Gasteiger partial charge is 0.481 e. The minimum absolute atomic E-state index is 0.296. The van der Waals surface area contributed by atoms with Gasteiger partial charge in [-0.25, -0.2) is 4.98 Å². The van der Waals surface area contributed by atoms with E-state index in [-0.39, 0.29) is 5.91 Å². The van der Waals surface area contributed by atoms with Gasteiger partial charge in [-0.2, -0.15) is 0 Å². The highest BCUT2D eigenvalue weighted by atomic mass is 16.5. The molecule has 4 rings (SSSR count). The lowest BCUT2D eigenvalue weighted by atomic mass is 10.0. The molecule has 138 valence electrons. The number of nitrogens with one attached hydrogen (secondary N) is 1. The first-order valence-corrected chi connectivity index (χ1v) is 8.85. The van der Waals surface area contributed by atoms with Gasteiger partial charge in [-0.05, 0) is 50.5 Å². The quantitative estimate of drug-likeness (QED) is 0.711. The number of rotatable bonds is 5. The van der Waals surface area contributed by atoms with Gasteiger partial charge in [-0.15, -0.1) is 0 Å². The molecule has 1 saturated carbocycles. The van der Waals surface area contributed by atoms with Crippen molar-refractivity contribution in [2.75, 3.05) is 5.32 Å². The first kappa shape index (κ1) is 17.2. The lowest BCUT2D eigenvalue weighted by molar-refractivity contribution is -0.138. The molecular weight excluding hydrogens is 346 g/mol. The van der Waals surface area contributed by atoms with E-state index in [2.05, 4.69) is 15.5 Å². The topological polar surface area (TPSA) is 105 Å². The molecule has 1 aromatic carbocycles. The summed E-state index contributed by atoms with van der Waals surface area (Å²) in [5.41, 5.74) is 3.46. The summed E-state index contributed by atoms with van der Waals surface area (Å²) in [5, 5.41) is 16.6. The third kappa shape index (κ3) is 3.28. The number of hydrogen-bond acceptors (Lipinski definition) is 5. The van der Waals surface area contributed by atoms with Crippen LogP contribution in [0.5, 0.6) is 0 Å². The van der Waals surface area contributed by atoms with Crippen molar-refractivity contribution in [3.63, 3.8) is 0 Å². The minimum atomic E-state index is -0.913. The number of pyridine rings is 1. The predicted molar refractivity (Wildman–Crippen MR) is 99.0 cm³/mol. The van der Waals surface area contributed by atoms with Crippen molar-refractivity contribution in [2.24, 2.45) is 0 Å². The summed E-state index contributed by atoms with van der Waals surface area (Å²) in [4.78, 5) is 28.7. The summed E-state index contributed by atoms with van der Waals surface area (Å²) in [5.74, 6) is -1.50. The number of carbonyl (C=O) groups is 2. The van der Waals surface area contributed by atoms with E-state index in [1.807, 2.05) is 6.07 Å². The molecule has 7 heteroatoms. The van der Waals surface area contributed by atoms with Gasteiger partial charge in [-0.3, -0.25) is 9.59 Å². The molecule has 0 spiro atoms. The van der Waals surface area contributed by atoms with Crippen LogP contribution in [-0.2, 0) is 4.79 Å². The monoisotopic (exact) mass is 365 g/mol. The van der Waals surface area contributed by atoms with E-state index in [0.717, 1.165) is 18.5 Å². The highest BCUT2D eigenvalue weighted by Gasteiger charge is 2.28. The maximum absolute atomic E-state index is 13.0. The van der Waals surface area contributed by atoms with Gasteiger partial charge in [0.1, 0.15) is 0 Å². The molecule has 1 atom stereocenters. The first-order valence-electron chi connectivity index (χ1n) is 8.85. The summed E-state index contributed by atoms with van der Waals surface area (Å²) in [6.07, 6.45) is 2.11. The minimum Gasteiger partial charge on any atom is -0.481 e. The molecule has 3 aromatic rings. The molecule has 2 aromatic heterocycles. The van der Waals surface area contributed by atoms with Crippen LogP contribution in [0.3, 0.4) is 0 Å². The molecule has 1 aliphatic rings. The average molecular weight is 365 g/mol. The molecule has 0 aliphatic heterocycles. The number of carbonyl (C=O) groups excluding carboxylic acids is 1. The van der Waals surface area contributed by atoms with Crippen LogP contribution >= 0.6 is 0 Å². The molecule has 1 unspecified atom stereocenters. The Morgan fingerprint density at radius 2 is 2.07 bits per heavy atom. The molecular formula is C20H19N3O4. The third-order valence-corrected chi connectivity index (χ3v) is 4.89. The molecule has 1 fully saturated rings. The Labute approximate surface area is 155 Å². The summed E-state index contributed by atoms with van der Waals surface area (Å²) < 4.78 is 5.28. The average Bonchev–Trinajstić information content (AvgIpc) is 3.44. The van der Waals surface area contributed by atoms with Crippen molar-refractivity contribution >= 4 is 28.7 Å². The molecule has 7 nitrogen and oxygen atoms in total. The first-order chi connectivity index (χ1) is 12.9. The van der Waals surface area contributed by atoms with E-state index < -0.39 is 11.9 Å². The van der Waals surface area contributed by atoms with Gasteiger partial charge in [0.2, 0.25) is 0 Å². The fraction of sp³-hybridized carbons (Fsp3) is 0.300. The van der Waals surface area contributed by atoms with Gasteiger partial charge in [0.15, 0.2) is 0 Å². The molecule has 1 amide bonds. The number of amides is 1. The van der Waals surface area contributed by atoms with E-state index in [4.69, 9.17) is 4.52 Å². The Bertz CT molecular complexity index is 1050. The lowest BCUT2D eigenvalue weighted by Crippen LogP contribution is -2.14. The second-order valence-corrected chi connectivity index (χ2v) is 6.96. The molecule has 0 radical (unpaired) electrons. The van der Waals surface area contributed by atoms with Crippen molar-refractivity contribution < 1.29 is 19.2 Å². The number of carboxylic acids is 1. The highest BCUT2D eigenvalue weighted by molar-refractivity contribution is 6.12. The highest BCUT2D eigenvalue weighted by Crippen LogP contribution is 2.40. The van der Waals surface area contributed by atoms with E-state index in [1.165, 1.54) is 0 Å². The van der Waals surface area contributed by atoms with Gasteiger partial charge in [-0.1, -0.05) is 17.3 Å². The van der Waals surface area contributed by atoms with E-state index in [9.17, 15) is 14.7 Å². The lowest BCUT2D eigenvalue weighted by Gasteiger charge is -2.11. The zero-order valence-electron chi connectivity index (χ0n) is 15.0. The van der Waals surface area contributed by atoms with Gasteiger partial charge >= 0.3 is 5.97 Å². The second-order valence-electron chi connectivity index (χ2n) is 6.96. The van der Waals surface area contributed by atoms with Crippen LogP contribution in [-0.4, -0.2) is 27.1 Å². The molecule has 0 saturated heterocycles. The molecule has 0 bridgehead atoms. The van der Waals surface area contributed by atoms with Gasteiger partial charge in [0, 0.05) is 17.3 Å². The Balaban J connectivity index is 1.68. The summed E-state index contributed by atoms with van der Waals surface area (Å²) in [7, 11) is 0. The molecule has 1 aliphatic carbocycles. The van der Waals surface area contributed by atoms with Gasteiger partial charge in [0.25, 0.3) is 11.6 Å². The van der Waals surface area contributed by atoms with Gasteiger partial charge < -0.3 is 14.9 Å². The Morgan fingerprint density at radius 1 is 1.30 bits per heavy atom. The Kier molecular flexibility index (Phi) is 4.14. The van der Waals surface area contributed by atoms with Crippen LogP contribution < -0.4 is 5.32 Å². The molecule has 27 heavy (non-hydrogen) atoms. The summed E-state index contributed by atoms with van der Waals surface area (Å²) in [6.45, 7) is 3.38. The van der Waals surface area contributed by atoms with Crippen LogP contribution in [0, 0.1) is 6.92 Å². The number of aromatic nitrogens is 2. The number of nitrogens with zero attached hydrogens (tertiary/aromatic N) is 2. The van der Waals surface area contributed by atoms with E-state index in [1.54, 1.807) is 38.1 Å². The Morgan fingerprint density at radius 3 is 2.78 bits per heavy atom. The van der Waals surface area contributed by atoms with Crippen molar-refractivity contribution in [1.82, 2.24) is 10.1 Å². The standard InChI is InChI=1S/C20H19N3O4/c1-10(20(25)26)13-4-3-5-14(8-13)21-18(24)15-9-16(12-6-7-12)22-19-17(15)11(2)23-27-19/h3-5,8-10,12H,6-7H2,1-2H3,(H,21,24)(H,25,26). The maximum atomic E-state index is 13.0. The zero-order chi connectivity index (χ0) is 19.1. The second kappa shape index (κ2) is 6.50. The Hall–Kier alpha value is -3.22. The van der Waals surface area contributed by atoms with Crippen LogP contribution in [0.25, 0.3) is 11.1 Å². The number of aliphatic carboxylic acids is 1. The normalized spacial score (nSPS) is 14.9. The maximum Gasteiger partial charge on any atom is 0.310 e. The fourth-order valence-corrected chi connectivity index (χ4v) is 3.11. The van der Waals surface area contributed by atoms with Crippen molar-refractivity contribution in [3.05, 3.63) is 52.8 Å². The number of hydrogen-bond donors (Lipinski definition) is 2. The number of fused-ring (bicyclic) bond motifs is 1.